The summed E-state index contributed by atoms with van der Waals surface area (Å²) >= 11 is 0. The van der Waals surface area contributed by atoms with Crippen molar-refractivity contribution in [3.63, 3.8) is 0 Å². The minimum atomic E-state index is -0.263. The van der Waals surface area contributed by atoms with E-state index in [0.717, 1.165) is 40.8 Å². The lowest BCUT2D eigenvalue weighted by Gasteiger charge is -2.09. The summed E-state index contributed by atoms with van der Waals surface area (Å²) in [5.41, 5.74) is 6.63. The Labute approximate surface area is 145 Å². The number of fused-ring (bicyclic) bond motifs is 1. The number of carbonyl (C=O) groups is 1. The predicted octanol–water partition coefficient (Wildman–Crippen LogP) is 3.02. The van der Waals surface area contributed by atoms with Gasteiger partial charge in [0, 0.05) is 18.7 Å². The van der Waals surface area contributed by atoms with Crippen molar-refractivity contribution < 1.29 is 9.63 Å². The van der Waals surface area contributed by atoms with Gasteiger partial charge >= 0.3 is 0 Å². The highest BCUT2D eigenvalue weighted by atomic mass is 16.6. The van der Waals surface area contributed by atoms with Gasteiger partial charge in [-0.2, -0.15) is 5.10 Å². The summed E-state index contributed by atoms with van der Waals surface area (Å²) < 4.78 is 1.73. The van der Waals surface area contributed by atoms with E-state index in [0.29, 0.717) is 18.1 Å². The van der Waals surface area contributed by atoms with Gasteiger partial charge in [0.05, 0.1) is 23.3 Å². The second kappa shape index (κ2) is 6.29. The molecule has 4 rings (SSSR count). The van der Waals surface area contributed by atoms with E-state index >= 15 is 0 Å². The molecule has 0 radical (unpaired) electrons. The van der Waals surface area contributed by atoms with Crippen LogP contribution in [0.3, 0.4) is 0 Å². The van der Waals surface area contributed by atoms with Crippen LogP contribution in [-0.4, -0.2) is 20.7 Å². The third-order valence-corrected chi connectivity index (χ3v) is 4.48. The lowest BCUT2D eigenvalue weighted by Crippen LogP contribution is -2.24. The molecule has 3 aromatic rings. The molecule has 0 saturated heterocycles. The third kappa shape index (κ3) is 3.13. The zero-order valence-electron chi connectivity index (χ0n) is 14.3. The summed E-state index contributed by atoms with van der Waals surface area (Å²) in [4.78, 5) is 22.8. The van der Waals surface area contributed by atoms with Gasteiger partial charge in [-0.25, -0.2) is 10.5 Å². The summed E-state index contributed by atoms with van der Waals surface area (Å²) in [5.74, 6) is 0.192. The maximum absolute atomic E-state index is 12.7. The van der Waals surface area contributed by atoms with Crippen LogP contribution in [0, 0.1) is 6.92 Å². The molecule has 2 aromatic heterocycles. The summed E-state index contributed by atoms with van der Waals surface area (Å²) in [7, 11) is 1.85. The fraction of sp³-hybridized carbons (Fsp3) is 0.316. The van der Waals surface area contributed by atoms with Crippen LogP contribution in [0.1, 0.15) is 46.1 Å². The van der Waals surface area contributed by atoms with Crippen molar-refractivity contribution >= 4 is 16.9 Å². The molecule has 0 atom stereocenters. The first kappa shape index (κ1) is 15.8. The normalized spacial score (nSPS) is 14.0. The topological polar surface area (TPSA) is 69.0 Å². The fourth-order valence-corrected chi connectivity index (χ4v) is 3.05. The highest BCUT2D eigenvalue weighted by Crippen LogP contribution is 2.40. The molecule has 6 heteroatoms. The molecular weight excluding hydrogens is 316 g/mol. The summed E-state index contributed by atoms with van der Waals surface area (Å²) in [6.07, 6.45) is 2.25. The average Bonchev–Trinajstić information content (AvgIpc) is 3.42. The molecule has 0 aliphatic heterocycles. The quantitative estimate of drug-likeness (QED) is 0.727. The van der Waals surface area contributed by atoms with Gasteiger partial charge < -0.3 is 0 Å². The Balaban J connectivity index is 1.59. The lowest BCUT2D eigenvalue weighted by molar-refractivity contribution is 0.0235. The third-order valence-electron chi connectivity index (χ3n) is 4.48. The Hall–Kier alpha value is -2.73. The van der Waals surface area contributed by atoms with E-state index in [2.05, 4.69) is 10.6 Å². The SMILES string of the molecule is Cc1nn(C)c2nc(C3CC3)cc(C(=O)NOCc3ccccc3)c12. The summed E-state index contributed by atoms with van der Waals surface area (Å²) in [6, 6.07) is 11.6. The molecule has 0 spiro atoms. The number of hydrogen-bond acceptors (Lipinski definition) is 4. The molecule has 1 aromatic carbocycles. The fourth-order valence-electron chi connectivity index (χ4n) is 3.05. The first-order valence-corrected chi connectivity index (χ1v) is 8.44. The van der Waals surface area contributed by atoms with E-state index in [4.69, 9.17) is 9.82 Å². The van der Waals surface area contributed by atoms with Crippen LogP contribution >= 0.6 is 0 Å². The van der Waals surface area contributed by atoms with Gasteiger partial charge in [-0.1, -0.05) is 30.3 Å². The van der Waals surface area contributed by atoms with Gasteiger partial charge in [-0.15, -0.1) is 0 Å². The number of hydrogen-bond donors (Lipinski definition) is 1. The molecule has 1 aliphatic rings. The van der Waals surface area contributed by atoms with Crippen molar-refractivity contribution in [3.05, 3.63) is 58.9 Å². The molecule has 1 amide bonds. The maximum Gasteiger partial charge on any atom is 0.275 e. The van der Waals surface area contributed by atoms with Crippen LogP contribution in [0.4, 0.5) is 0 Å². The van der Waals surface area contributed by atoms with Gasteiger partial charge in [-0.05, 0) is 31.4 Å². The number of aromatic nitrogens is 3. The molecule has 0 bridgehead atoms. The number of amides is 1. The van der Waals surface area contributed by atoms with Crippen LogP contribution in [0.2, 0.25) is 0 Å². The molecule has 1 saturated carbocycles. The molecule has 128 valence electrons. The molecule has 2 heterocycles. The number of hydroxylamine groups is 1. The molecular formula is C19H20N4O2. The van der Waals surface area contributed by atoms with Crippen molar-refractivity contribution in [1.29, 1.82) is 0 Å². The number of pyridine rings is 1. The first-order valence-electron chi connectivity index (χ1n) is 8.44. The van der Waals surface area contributed by atoms with Gasteiger partial charge in [0.15, 0.2) is 5.65 Å². The van der Waals surface area contributed by atoms with E-state index in [9.17, 15) is 4.79 Å². The lowest BCUT2D eigenvalue weighted by atomic mass is 10.1. The predicted molar refractivity (Wildman–Crippen MR) is 93.9 cm³/mol. The standard InChI is InChI=1S/C19H20N4O2/c1-12-17-15(19(24)22-25-11-13-6-4-3-5-7-13)10-16(14-8-9-14)20-18(17)23(2)21-12/h3-7,10,14H,8-9,11H2,1-2H3,(H,22,24). The van der Waals surface area contributed by atoms with Gasteiger partial charge in [0.25, 0.3) is 5.91 Å². The zero-order valence-corrected chi connectivity index (χ0v) is 14.3. The molecule has 6 nitrogen and oxygen atoms in total. The van der Waals surface area contributed by atoms with Crippen molar-refractivity contribution in [1.82, 2.24) is 20.2 Å². The smallest absolute Gasteiger partial charge is 0.269 e. The molecule has 25 heavy (non-hydrogen) atoms. The van der Waals surface area contributed by atoms with Crippen LogP contribution in [0.15, 0.2) is 36.4 Å². The Morgan fingerprint density at radius 3 is 2.80 bits per heavy atom. The monoisotopic (exact) mass is 336 g/mol. The Morgan fingerprint density at radius 2 is 2.08 bits per heavy atom. The average molecular weight is 336 g/mol. The Bertz CT molecular complexity index is 929. The number of rotatable bonds is 5. The second-order valence-corrected chi connectivity index (χ2v) is 6.48. The Kier molecular flexibility index (Phi) is 3.97. The second-order valence-electron chi connectivity index (χ2n) is 6.48. The molecule has 1 N–H and O–H groups in total. The minimum Gasteiger partial charge on any atom is -0.269 e. The van der Waals surface area contributed by atoms with Crippen LogP contribution < -0.4 is 5.48 Å². The van der Waals surface area contributed by atoms with Crippen molar-refractivity contribution in [3.8, 4) is 0 Å². The maximum atomic E-state index is 12.7. The summed E-state index contributed by atoms with van der Waals surface area (Å²) in [5, 5.41) is 5.20. The van der Waals surface area contributed by atoms with Crippen LogP contribution in [0.5, 0.6) is 0 Å². The molecule has 0 unspecified atom stereocenters. The van der Waals surface area contributed by atoms with E-state index in [-0.39, 0.29) is 5.91 Å². The summed E-state index contributed by atoms with van der Waals surface area (Å²) in [6.45, 7) is 2.21. The van der Waals surface area contributed by atoms with Crippen LogP contribution in [0.25, 0.3) is 11.0 Å². The van der Waals surface area contributed by atoms with Crippen molar-refractivity contribution in [2.24, 2.45) is 7.05 Å². The van der Waals surface area contributed by atoms with Gasteiger partial charge in [0.2, 0.25) is 0 Å². The van der Waals surface area contributed by atoms with E-state index < -0.39 is 0 Å². The van der Waals surface area contributed by atoms with Gasteiger partial charge in [0.1, 0.15) is 0 Å². The van der Waals surface area contributed by atoms with Crippen molar-refractivity contribution in [2.75, 3.05) is 0 Å². The van der Waals surface area contributed by atoms with E-state index in [1.165, 1.54) is 0 Å². The first-order chi connectivity index (χ1) is 12.1. The van der Waals surface area contributed by atoms with E-state index in [1.54, 1.807) is 4.68 Å². The minimum absolute atomic E-state index is 0.263. The number of benzene rings is 1. The number of nitrogens with one attached hydrogen (secondary N) is 1. The van der Waals surface area contributed by atoms with Crippen LogP contribution in [-0.2, 0) is 18.5 Å². The van der Waals surface area contributed by atoms with Gasteiger partial charge in [-0.3, -0.25) is 14.3 Å². The molecule has 1 aliphatic carbocycles. The zero-order chi connectivity index (χ0) is 17.4. The molecule has 1 fully saturated rings. The van der Waals surface area contributed by atoms with E-state index in [1.807, 2.05) is 50.4 Å². The highest BCUT2D eigenvalue weighted by Gasteiger charge is 2.28. The van der Waals surface area contributed by atoms with Crippen molar-refractivity contribution in [2.45, 2.75) is 32.3 Å². The number of nitrogens with zero attached hydrogens (tertiary/aromatic N) is 3. The Morgan fingerprint density at radius 1 is 1.32 bits per heavy atom. The highest BCUT2D eigenvalue weighted by molar-refractivity contribution is 6.06. The number of carbonyl (C=O) groups excluding carboxylic acids is 1. The largest absolute Gasteiger partial charge is 0.275 e. The number of aryl methyl sites for hydroxylation is 2.